The standard InChI is InChI=1S/C17H14F3N5O2/c18-17(19,20)10-2-1-3-12(6-10)25-15-13(7-22-25)16(27)24(9-21-15)8-14(26)23-11-4-5-11/h1-3,6-7,9,11H,4-5,8H2,(H,23,26). The van der Waals surface area contributed by atoms with E-state index in [-0.39, 0.29) is 35.2 Å². The maximum Gasteiger partial charge on any atom is 0.416 e. The van der Waals surface area contributed by atoms with Gasteiger partial charge in [0.15, 0.2) is 5.65 Å². The van der Waals surface area contributed by atoms with Crippen LogP contribution >= 0.6 is 0 Å². The summed E-state index contributed by atoms with van der Waals surface area (Å²) in [6.45, 7) is -0.174. The van der Waals surface area contributed by atoms with Gasteiger partial charge in [-0.15, -0.1) is 0 Å². The van der Waals surface area contributed by atoms with E-state index >= 15 is 0 Å². The Morgan fingerprint density at radius 2 is 2.07 bits per heavy atom. The number of benzene rings is 1. The van der Waals surface area contributed by atoms with E-state index in [2.05, 4.69) is 15.4 Å². The van der Waals surface area contributed by atoms with E-state index in [0.29, 0.717) is 0 Å². The predicted octanol–water partition coefficient (Wildman–Crippen LogP) is 1.88. The van der Waals surface area contributed by atoms with Crippen molar-refractivity contribution in [3.05, 3.63) is 52.7 Å². The van der Waals surface area contributed by atoms with E-state index in [0.717, 1.165) is 29.5 Å². The van der Waals surface area contributed by atoms with Crippen molar-refractivity contribution in [2.45, 2.75) is 31.6 Å². The number of amides is 1. The summed E-state index contributed by atoms with van der Waals surface area (Å²) >= 11 is 0. The quantitative estimate of drug-likeness (QED) is 0.753. The fraction of sp³-hybridized carbons (Fsp3) is 0.294. The molecule has 7 nitrogen and oxygen atoms in total. The molecule has 1 N–H and O–H groups in total. The van der Waals surface area contributed by atoms with Gasteiger partial charge in [-0.2, -0.15) is 18.3 Å². The highest BCUT2D eigenvalue weighted by molar-refractivity contribution is 5.78. The molecule has 0 radical (unpaired) electrons. The highest BCUT2D eigenvalue weighted by Gasteiger charge is 2.30. The number of fused-ring (bicyclic) bond motifs is 1. The second-order valence-electron chi connectivity index (χ2n) is 6.36. The molecule has 0 bridgehead atoms. The molecule has 1 fully saturated rings. The Labute approximate surface area is 150 Å². The van der Waals surface area contributed by atoms with E-state index in [9.17, 15) is 22.8 Å². The lowest BCUT2D eigenvalue weighted by atomic mass is 10.2. The lowest BCUT2D eigenvalue weighted by molar-refractivity contribution is -0.137. The van der Waals surface area contributed by atoms with Gasteiger partial charge in [-0.1, -0.05) is 6.07 Å². The summed E-state index contributed by atoms with van der Waals surface area (Å²) in [4.78, 5) is 28.5. The maximum atomic E-state index is 12.9. The average Bonchev–Trinajstić information content (AvgIpc) is 3.31. The molecule has 3 aromatic rings. The Bertz CT molecular complexity index is 1080. The van der Waals surface area contributed by atoms with Gasteiger partial charge in [0.2, 0.25) is 5.91 Å². The molecule has 1 aliphatic carbocycles. The number of nitrogens with one attached hydrogen (secondary N) is 1. The van der Waals surface area contributed by atoms with Gasteiger partial charge < -0.3 is 5.32 Å². The molecule has 1 saturated carbocycles. The zero-order valence-electron chi connectivity index (χ0n) is 13.9. The van der Waals surface area contributed by atoms with Gasteiger partial charge in [0, 0.05) is 6.04 Å². The Hall–Kier alpha value is -3.17. The van der Waals surface area contributed by atoms with E-state index in [1.54, 1.807) is 0 Å². The highest BCUT2D eigenvalue weighted by atomic mass is 19.4. The first-order chi connectivity index (χ1) is 12.8. The third-order valence-electron chi connectivity index (χ3n) is 4.23. The first-order valence-electron chi connectivity index (χ1n) is 8.23. The number of alkyl halides is 3. The molecule has 140 valence electrons. The fourth-order valence-electron chi connectivity index (χ4n) is 2.72. The van der Waals surface area contributed by atoms with Crippen molar-refractivity contribution in [3.8, 4) is 5.69 Å². The molecule has 2 aromatic heterocycles. The van der Waals surface area contributed by atoms with Crippen molar-refractivity contribution in [1.29, 1.82) is 0 Å². The normalized spacial score (nSPS) is 14.5. The second kappa shape index (κ2) is 6.22. The van der Waals surface area contributed by atoms with Crippen LogP contribution in [0.5, 0.6) is 0 Å². The van der Waals surface area contributed by atoms with Crippen LogP contribution in [0.1, 0.15) is 18.4 Å². The van der Waals surface area contributed by atoms with Crippen LogP contribution in [0.15, 0.2) is 41.6 Å². The summed E-state index contributed by atoms with van der Waals surface area (Å²) in [5.41, 5.74) is -1.05. The largest absolute Gasteiger partial charge is 0.416 e. The van der Waals surface area contributed by atoms with E-state index < -0.39 is 17.3 Å². The zero-order chi connectivity index (χ0) is 19.2. The summed E-state index contributed by atoms with van der Waals surface area (Å²) in [6, 6.07) is 4.76. The molecule has 1 amide bonds. The van der Waals surface area contributed by atoms with Crippen LogP contribution in [-0.2, 0) is 17.5 Å². The Morgan fingerprint density at radius 3 is 2.78 bits per heavy atom. The van der Waals surface area contributed by atoms with Crippen molar-refractivity contribution in [3.63, 3.8) is 0 Å². The summed E-state index contributed by atoms with van der Waals surface area (Å²) < 4.78 is 41.1. The third-order valence-corrected chi connectivity index (χ3v) is 4.23. The predicted molar refractivity (Wildman–Crippen MR) is 89.3 cm³/mol. The van der Waals surface area contributed by atoms with Crippen molar-refractivity contribution < 1.29 is 18.0 Å². The molecule has 0 saturated heterocycles. The zero-order valence-corrected chi connectivity index (χ0v) is 13.9. The fourth-order valence-corrected chi connectivity index (χ4v) is 2.72. The van der Waals surface area contributed by atoms with E-state index in [4.69, 9.17) is 0 Å². The number of carbonyl (C=O) groups excluding carboxylic acids is 1. The van der Waals surface area contributed by atoms with Gasteiger partial charge in [0.05, 0.1) is 17.4 Å². The maximum absolute atomic E-state index is 12.9. The number of hydrogen-bond donors (Lipinski definition) is 1. The van der Waals surface area contributed by atoms with Gasteiger partial charge in [0.1, 0.15) is 18.3 Å². The van der Waals surface area contributed by atoms with Crippen molar-refractivity contribution in [2.24, 2.45) is 0 Å². The van der Waals surface area contributed by atoms with Crippen LogP contribution in [-0.4, -0.2) is 31.3 Å². The van der Waals surface area contributed by atoms with Crippen molar-refractivity contribution in [2.75, 3.05) is 0 Å². The lowest BCUT2D eigenvalue weighted by Gasteiger charge is -2.09. The molecule has 1 aromatic carbocycles. The summed E-state index contributed by atoms with van der Waals surface area (Å²) in [5.74, 6) is -0.286. The number of rotatable bonds is 4. The highest BCUT2D eigenvalue weighted by Crippen LogP contribution is 2.30. The summed E-state index contributed by atoms with van der Waals surface area (Å²) in [7, 11) is 0. The van der Waals surface area contributed by atoms with Crippen molar-refractivity contribution in [1.82, 2.24) is 24.6 Å². The number of halogens is 3. The number of carbonyl (C=O) groups is 1. The average molecular weight is 377 g/mol. The number of aromatic nitrogens is 4. The van der Waals surface area contributed by atoms with Crippen LogP contribution in [0.4, 0.5) is 13.2 Å². The Kier molecular flexibility index (Phi) is 3.97. The number of nitrogens with zero attached hydrogens (tertiary/aromatic N) is 4. The molecule has 27 heavy (non-hydrogen) atoms. The van der Waals surface area contributed by atoms with Crippen LogP contribution in [0.3, 0.4) is 0 Å². The first-order valence-corrected chi connectivity index (χ1v) is 8.23. The smallest absolute Gasteiger partial charge is 0.352 e. The van der Waals surface area contributed by atoms with Gasteiger partial charge in [0.25, 0.3) is 5.56 Å². The minimum absolute atomic E-state index is 0.120. The summed E-state index contributed by atoms with van der Waals surface area (Å²) in [6.07, 6.45) is -0.194. The monoisotopic (exact) mass is 377 g/mol. The summed E-state index contributed by atoms with van der Waals surface area (Å²) in [5, 5.41) is 6.90. The third kappa shape index (κ3) is 3.42. The van der Waals surface area contributed by atoms with Gasteiger partial charge in [-0.25, -0.2) is 9.67 Å². The van der Waals surface area contributed by atoms with Crippen molar-refractivity contribution >= 4 is 16.9 Å². The Morgan fingerprint density at radius 1 is 1.30 bits per heavy atom. The molecule has 10 heteroatoms. The minimum atomic E-state index is -4.49. The van der Waals surface area contributed by atoms with E-state index in [1.165, 1.54) is 29.3 Å². The molecule has 2 heterocycles. The van der Waals surface area contributed by atoms with Gasteiger partial charge in [-0.3, -0.25) is 14.2 Å². The molecule has 0 atom stereocenters. The molecule has 0 unspecified atom stereocenters. The van der Waals surface area contributed by atoms with Crippen LogP contribution in [0.2, 0.25) is 0 Å². The molecular weight excluding hydrogens is 363 g/mol. The van der Waals surface area contributed by atoms with E-state index in [1.807, 2.05) is 0 Å². The number of hydrogen-bond acceptors (Lipinski definition) is 4. The molecule has 0 spiro atoms. The van der Waals surface area contributed by atoms with Gasteiger partial charge in [-0.05, 0) is 31.0 Å². The molecule has 0 aliphatic heterocycles. The van der Waals surface area contributed by atoms with Gasteiger partial charge >= 0.3 is 6.18 Å². The van der Waals surface area contributed by atoms with Crippen LogP contribution in [0.25, 0.3) is 16.7 Å². The first kappa shape index (κ1) is 17.3. The molecule has 1 aliphatic rings. The van der Waals surface area contributed by atoms with Crippen LogP contribution < -0.4 is 10.9 Å². The SMILES string of the molecule is O=C(Cn1cnc2c(cnn2-c2cccc(C(F)(F)F)c2)c1=O)NC1CC1. The topological polar surface area (TPSA) is 81.8 Å². The minimum Gasteiger partial charge on any atom is -0.352 e. The Balaban J connectivity index is 1.69. The lowest BCUT2D eigenvalue weighted by Crippen LogP contribution is -2.33. The second-order valence-corrected chi connectivity index (χ2v) is 6.36. The molecule has 4 rings (SSSR count). The van der Waals surface area contributed by atoms with Crippen LogP contribution in [0, 0.1) is 0 Å². The molecular formula is C17H14F3N5O2.